The molecule has 0 bridgehead atoms. The molecule has 1 aliphatic heterocycles. The Labute approximate surface area is 129 Å². The van der Waals surface area contributed by atoms with Gasteiger partial charge in [0.2, 0.25) is 5.91 Å². The minimum atomic E-state index is 0.0211. The molecule has 4 heteroatoms. The molecule has 0 unspecified atom stereocenters. The first-order valence-electron chi connectivity index (χ1n) is 6.95. The van der Waals surface area contributed by atoms with Crippen molar-refractivity contribution in [3.05, 3.63) is 57.6 Å². The summed E-state index contributed by atoms with van der Waals surface area (Å²) < 4.78 is 0. The minimum absolute atomic E-state index is 0.0211. The second kappa shape index (κ2) is 5.41. The van der Waals surface area contributed by atoms with Crippen molar-refractivity contribution in [3.63, 3.8) is 0 Å². The molecule has 1 aliphatic rings. The number of aryl methyl sites for hydroxylation is 2. The smallest absolute Gasteiger partial charge is 0.228 e. The van der Waals surface area contributed by atoms with E-state index in [0.29, 0.717) is 18.0 Å². The van der Waals surface area contributed by atoms with Gasteiger partial charge in [0.15, 0.2) is 0 Å². The molecule has 0 aliphatic carbocycles. The summed E-state index contributed by atoms with van der Waals surface area (Å²) in [6, 6.07) is 10.2. The fraction of sp³-hybridized carbons (Fsp3) is 0.235. The van der Waals surface area contributed by atoms with E-state index < -0.39 is 0 Å². The van der Waals surface area contributed by atoms with Gasteiger partial charge in [0.25, 0.3) is 0 Å². The Balaban J connectivity index is 1.81. The van der Waals surface area contributed by atoms with Crippen LogP contribution in [0.5, 0.6) is 0 Å². The number of hydrogen-bond donors (Lipinski definition) is 2. The molecule has 21 heavy (non-hydrogen) atoms. The Morgan fingerprint density at radius 2 is 2.05 bits per heavy atom. The molecule has 1 amide bonds. The summed E-state index contributed by atoms with van der Waals surface area (Å²) in [7, 11) is 0. The average Bonchev–Trinajstić information content (AvgIpc) is 2.78. The Morgan fingerprint density at radius 1 is 1.24 bits per heavy atom. The highest BCUT2D eigenvalue weighted by molar-refractivity contribution is 6.33. The highest BCUT2D eigenvalue weighted by Crippen LogP contribution is 2.33. The van der Waals surface area contributed by atoms with E-state index in [4.69, 9.17) is 11.6 Å². The zero-order chi connectivity index (χ0) is 15.0. The number of amides is 1. The maximum absolute atomic E-state index is 11.4. The van der Waals surface area contributed by atoms with Crippen molar-refractivity contribution >= 4 is 28.9 Å². The zero-order valence-corrected chi connectivity index (χ0v) is 12.8. The molecule has 0 saturated heterocycles. The molecule has 2 aromatic rings. The van der Waals surface area contributed by atoms with Gasteiger partial charge in [-0.05, 0) is 42.7 Å². The molecule has 1 heterocycles. The molecule has 3 nitrogen and oxygen atoms in total. The van der Waals surface area contributed by atoms with Gasteiger partial charge in [-0.25, -0.2) is 0 Å². The van der Waals surface area contributed by atoms with E-state index in [0.717, 1.165) is 16.9 Å². The van der Waals surface area contributed by atoms with Gasteiger partial charge in [0.1, 0.15) is 0 Å². The Kier molecular flexibility index (Phi) is 3.60. The van der Waals surface area contributed by atoms with Crippen LogP contribution in [0.2, 0.25) is 5.02 Å². The molecule has 0 atom stereocenters. The summed E-state index contributed by atoms with van der Waals surface area (Å²) in [6.07, 6.45) is 0.421. The zero-order valence-electron chi connectivity index (χ0n) is 12.1. The van der Waals surface area contributed by atoms with E-state index in [1.807, 2.05) is 12.1 Å². The molecule has 0 saturated carbocycles. The van der Waals surface area contributed by atoms with Crippen LogP contribution in [0.1, 0.15) is 22.3 Å². The number of carbonyl (C=O) groups excluding carboxylic acids is 1. The molecule has 0 radical (unpaired) electrons. The number of nitrogens with one attached hydrogen (secondary N) is 2. The van der Waals surface area contributed by atoms with Crippen LogP contribution in [-0.4, -0.2) is 5.91 Å². The van der Waals surface area contributed by atoms with E-state index in [9.17, 15) is 4.79 Å². The van der Waals surface area contributed by atoms with Gasteiger partial charge < -0.3 is 10.6 Å². The molecule has 2 aromatic carbocycles. The molecular weight excluding hydrogens is 284 g/mol. The van der Waals surface area contributed by atoms with E-state index in [2.05, 4.69) is 42.7 Å². The monoisotopic (exact) mass is 300 g/mol. The van der Waals surface area contributed by atoms with Crippen molar-refractivity contribution in [2.45, 2.75) is 26.8 Å². The number of hydrogen-bond acceptors (Lipinski definition) is 2. The third kappa shape index (κ3) is 2.88. The topological polar surface area (TPSA) is 41.1 Å². The highest BCUT2D eigenvalue weighted by Gasteiger charge is 2.19. The summed E-state index contributed by atoms with van der Waals surface area (Å²) in [6.45, 7) is 4.90. The lowest BCUT2D eigenvalue weighted by atomic mass is 10.1. The first-order chi connectivity index (χ1) is 10.0. The van der Waals surface area contributed by atoms with Crippen molar-refractivity contribution in [2.75, 3.05) is 10.6 Å². The number of halogens is 1. The summed E-state index contributed by atoms with van der Waals surface area (Å²) >= 11 is 6.28. The molecule has 108 valence electrons. The summed E-state index contributed by atoms with van der Waals surface area (Å²) in [5, 5.41) is 6.80. The minimum Gasteiger partial charge on any atom is -0.380 e. The lowest BCUT2D eigenvalue weighted by Gasteiger charge is -2.12. The Bertz CT molecular complexity index is 725. The van der Waals surface area contributed by atoms with Gasteiger partial charge in [0.05, 0.1) is 17.1 Å². The number of fused-ring (bicyclic) bond motifs is 1. The van der Waals surface area contributed by atoms with Crippen LogP contribution >= 0.6 is 11.6 Å². The Hall–Kier alpha value is -2.00. The summed E-state index contributed by atoms with van der Waals surface area (Å²) in [4.78, 5) is 11.4. The third-order valence-corrected chi connectivity index (χ3v) is 4.10. The number of carbonyl (C=O) groups is 1. The average molecular weight is 301 g/mol. The standard InChI is InChI=1S/C17H17ClN2O/c1-10-3-4-11(2)13(5-10)9-19-16-6-12-7-17(21)20-15(12)8-14(16)18/h3-6,8,19H,7,9H2,1-2H3,(H,20,21). The Morgan fingerprint density at radius 3 is 2.86 bits per heavy atom. The number of benzene rings is 2. The van der Waals surface area contributed by atoms with Gasteiger partial charge >= 0.3 is 0 Å². The van der Waals surface area contributed by atoms with Crippen molar-refractivity contribution in [2.24, 2.45) is 0 Å². The van der Waals surface area contributed by atoms with Gasteiger partial charge in [-0.1, -0.05) is 35.4 Å². The summed E-state index contributed by atoms with van der Waals surface area (Å²) in [5.41, 5.74) is 6.43. The van der Waals surface area contributed by atoms with Crippen molar-refractivity contribution in [1.29, 1.82) is 0 Å². The first kappa shape index (κ1) is 14.0. The van der Waals surface area contributed by atoms with Gasteiger partial charge in [-0.3, -0.25) is 4.79 Å². The van der Waals surface area contributed by atoms with Crippen LogP contribution in [-0.2, 0) is 17.8 Å². The quantitative estimate of drug-likeness (QED) is 0.897. The van der Waals surface area contributed by atoms with Crippen LogP contribution in [0.25, 0.3) is 0 Å². The largest absolute Gasteiger partial charge is 0.380 e. The SMILES string of the molecule is Cc1ccc(C)c(CNc2cc3c(cc2Cl)NC(=O)C3)c1. The van der Waals surface area contributed by atoms with Gasteiger partial charge in [-0.15, -0.1) is 0 Å². The predicted molar refractivity (Wildman–Crippen MR) is 87.0 cm³/mol. The van der Waals surface area contributed by atoms with Crippen LogP contribution < -0.4 is 10.6 Å². The number of anilines is 2. The van der Waals surface area contributed by atoms with Crippen molar-refractivity contribution in [1.82, 2.24) is 0 Å². The second-order valence-corrected chi connectivity index (χ2v) is 5.90. The molecule has 0 fully saturated rings. The predicted octanol–water partition coefficient (Wildman–Crippen LogP) is 4.06. The highest BCUT2D eigenvalue weighted by atomic mass is 35.5. The molecule has 2 N–H and O–H groups in total. The fourth-order valence-corrected chi connectivity index (χ4v) is 2.80. The second-order valence-electron chi connectivity index (χ2n) is 5.50. The van der Waals surface area contributed by atoms with E-state index in [1.54, 1.807) is 0 Å². The van der Waals surface area contributed by atoms with Crippen LogP contribution in [0.4, 0.5) is 11.4 Å². The van der Waals surface area contributed by atoms with E-state index in [1.165, 1.54) is 16.7 Å². The van der Waals surface area contributed by atoms with Crippen molar-refractivity contribution < 1.29 is 4.79 Å². The normalized spacial score (nSPS) is 13.0. The van der Waals surface area contributed by atoms with Gasteiger partial charge in [-0.2, -0.15) is 0 Å². The fourth-order valence-electron chi connectivity index (χ4n) is 2.56. The summed E-state index contributed by atoms with van der Waals surface area (Å²) in [5.74, 6) is 0.0211. The molecular formula is C17H17ClN2O. The van der Waals surface area contributed by atoms with Crippen LogP contribution in [0, 0.1) is 13.8 Å². The van der Waals surface area contributed by atoms with E-state index >= 15 is 0 Å². The maximum Gasteiger partial charge on any atom is 0.228 e. The first-order valence-corrected chi connectivity index (χ1v) is 7.33. The number of rotatable bonds is 3. The third-order valence-electron chi connectivity index (χ3n) is 3.79. The molecule has 0 aromatic heterocycles. The maximum atomic E-state index is 11.4. The lowest BCUT2D eigenvalue weighted by molar-refractivity contribution is -0.115. The lowest BCUT2D eigenvalue weighted by Crippen LogP contribution is -2.03. The van der Waals surface area contributed by atoms with E-state index in [-0.39, 0.29) is 5.91 Å². The van der Waals surface area contributed by atoms with Crippen LogP contribution in [0.3, 0.4) is 0 Å². The van der Waals surface area contributed by atoms with Crippen LogP contribution in [0.15, 0.2) is 30.3 Å². The van der Waals surface area contributed by atoms with Crippen molar-refractivity contribution in [3.8, 4) is 0 Å². The molecule has 0 spiro atoms. The molecule has 3 rings (SSSR count). The van der Waals surface area contributed by atoms with Gasteiger partial charge in [0, 0.05) is 12.2 Å².